The maximum absolute atomic E-state index is 13.0. The molecule has 0 unspecified atom stereocenters. The van der Waals surface area contributed by atoms with Crippen molar-refractivity contribution >= 4 is 23.6 Å². The number of hydrogen-bond acceptors (Lipinski definition) is 7. The number of hydrogen-bond donors (Lipinski definition) is 2. The molecule has 0 spiro atoms. The van der Waals surface area contributed by atoms with Crippen molar-refractivity contribution in [2.75, 3.05) is 36.8 Å². The van der Waals surface area contributed by atoms with Gasteiger partial charge in [0.15, 0.2) is 0 Å². The second-order valence-corrected chi connectivity index (χ2v) is 8.00. The molecular weight excluding hydrogens is 472 g/mol. The van der Waals surface area contributed by atoms with E-state index in [0.29, 0.717) is 44.3 Å². The lowest BCUT2D eigenvalue weighted by molar-refractivity contribution is -0.376. The molecule has 0 saturated carbocycles. The number of nitrogens with zero attached hydrogens (tertiary/aromatic N) is 4. The second-order valence-electron chi connectivity index (χ2n) is 6.83. The Morgan fingerprint density at radius 2 is 1.55 bits per heavy atom. The maximum Gasteiger partial charge on any atom is 0.430 e. The fraction of sp³-hybridized carbons (Fsp3) is 0.400. The number of nitrogen functional groups attached to an aromatic ring is 1. The van der Waals surface area contributed by atoms with Gasteiger partial charge in [0, 0.05) is 49.0 Å². The second kappa shape index (κ2) is 10.5. The predicted molar refractivity (Wildman–Crippen MR) is 113 cm³/mol. The minimum absolute atomic E-state index is 0.226. The van der Waals surface area contributed by atoms with Crippen LogP contribution in [0.5, 0.6) is 0 Å². The number of piperazine rings is 1. The van der Waals surface area contributed by atoms with Crippen molar-refractivity contribution in [1.29, 1.82) is 0 Å². The zero-order chi connectivity index (χ0) is 24.9. The Kier molecular flexibility index (Phi) is 8.45. The van der Waals surface area contributed by atoms with Crippen LogP contribution < -0.4 is 10.6 Å². The van der Waals surface area contributed by atoms with Crippen LogP contribution in [0.2, 0.25) is 0 Å². The van der Waals surface area contributed by atoms with Crippen LogP contribution in [0.3, 0.4) is 0 Å². The summed E-state index contributed by atoms with van der Waals surface area (Å²) >= 11 is 1.47. The summed E-state index contributed by atoms with van der Waals surface area (Å²) in [6.07, 6.45) is -5.23. The molecular formula is C20H21F6N5OS. The van der Waals surface area contributed by atoms with E-state index in [-0.39, 0.29) is 5.82 Å². The van der Waals surface area contributed by atoms with Crippen molar-refractivity contribution in [3.63, 3.8) is 0 Å². The molecule has 0 aliphatic carbocycles. The van der Waals surface area contributed by atoms with Gasteiger partial charge < -0.3 is 15.7 Å². The van der Waals surface area contributed by atoms with Crippen molar-refractivity contribution in [2.24, 2.45) is 0 Å². The van der Waals surface area contributed by atoms with E-state index in [2.05, 4.69) is 22.3 Å². The highest BCUT2D eigenvalue weighted by atomic mass is 32.2. The van der Waals surface area contributed by atoms with Gasteiger partial charge in [0.2, 0.25) is 0 Å². The average Bonchev–Trinajstić information content (AvgIpc) is 2.74. The number of aromatic nitrogens is 2. The van der Waals surface area contributed by atoms with E-state index < -0.39 is 23.5 Å². The minimum atomic E-state index is -5.94. The Balaban J connectivity index is 0.00000122. The summed E-state index contributed by atoms with van der Waals surface area (Å²) in [6.45, 7) is 3.73. The number of rotatable bonds is 4. The molecule has 1 saturated heterocycles. The molecule has 3 rings (SSSR count). The van der Waals surface area contributed by atoms with Gasteiger partial charge in [0.05, 0.1) is 0 Å². The van der Waals surface area contributed by atoms with E-state index in [1.165, 1.54) is 11.9 Å². The number of aliphatic hydroxyl groups is 1. The first-order chi connectivity index (χ1) is 15.3. The van der Waals surface area contributed by atoms with Gasteiger partial charge >= 0.3 is 12.4 Å². The third-order valence-electron chi connectivity index (χ3n) is 4.54. The normalized spacial score (nSPS) is 15.4. The van der Waals surface area contributed by atoms with Crippen LogP contribution in [0.1, 0.15) is 12.5 Å². The molecule has 2 aromatic rings. The fourth-order valence-corrected chi connectivity index (χ4v) is 3.75. The van der Waals surface area contributed by atoms with E-state index in [4.69, 9.17) is 5.73 Å². The standard InChI is InChI=1S/C17H17F6N5OS.C3H4/c18-16(19,20)15(29,17(21,22)23)11-1-4-14(26-9-11)27-5-7-28(8-6-27)30-12-2-3-13(24)25-10-12;1-3-2/h1-4,9-10,29H,5-8H2,(H2,24,25);1H,2H3. The van der Waals surface area contributed by atoms with Crippen LogP contribution in [-0.2, 0) is 5.60 Å². The molecule has 33 heavy (non-hydrogen) atoms. The van der Waals surface area contributed by atoms with Crippen molar-refractivity contribution in [1.82, 2.24) is 14.3 Å². The highest BCUT2D eigenvalue weighted by Crippen LogP contribution is 2.49. The summed E-state index contributed by atoms with van der Waals surface area (Å²) in [5.74, 6) is 2.88. The number of nitrogens with two attached hydrogens (primary N) is 1. The van der Waals surface area contributed by atoms with Crippen LogP contribution in [0.15, 0.2) is 41.6 Å². The number of pyridine rings is 2. The third kappa shape index (κ3) is 6.21. The van der Waals surface area contributed by atoms with Crippen LogP contribution in [0.4, 0.5) is 38.0 Å². The Morgan fingerprint density at radius 1 is 0.970 bits per heavy atom. The van der Waals surface area contributed by atoms with Crippen molar-refractivity contribution in [3.05, 3.63) is 42.2 Å². The molecule has 0 radical (unpaired) electrons. The minimum Gasteiger partial charge on any atom is -0.384 e. The molecule has 1 fully saturated rings. The van der Waals surface area contributed by atoms with Gasteiger partial charge in [0.1, 0.15) is 11.6 Å². The molecule has 0 atom stereocenters. The van der Waals surface area contributed by atoms with Gasteiger partial charge in [-0.25, -0.2) is 14.3 Å². The number of halogens is 6. The zero-order valence-electron chi connectivity index (χ0n) is 17.4. The van der Waals surface area contributed by atoms with Gasteiger partial charge in [-0.05, 0) is 37.1 Å². The summed E-state index contributed by atoms with van der Waals surface area (Å²) in [5, 5.41) is 9.42. The molecule has 0 amide bonds. The summed E-state index contributed by atoms with van der Waals surface area (Å²) in [5.41, 5.74) is -0.817. The molecule has 1 aliphatic heterocycles. The molecule has 6 nitrogen and oxygen atoms in total. The van der Waals surface area contributed by atoms with E-state index in [1.807, 2.05) is 10.4 Å². The fourth-order valence-electron chi connectivity index (χ4n) is 2.88. The van der Waals surface area contributed by atoms with Crippen LogP contribution in [-0.4, -0.2) is 57.9 Å². The highest BCUT2D eigenvalue weighted by molar-refractivity contribution is 7.97. The van der Waals surface area contributed by atoms with E-state index >= 15 is 0 Å². The SMILES string of the molecule is C#CC.Nc1ccc(SN2CCN(c3ccc(C(O)(C(F)(F)F)C(F)(F)F)cn3)CC2)cn1. The zero-order valence-corrected chi connectivity index (χ0v) is 18.2. The summed E-state index contributed by atoms with van der Waals surface area (Å²) < 4.78 is 79.8. The van der Waals surface area contributed by atoms with Crippen molar-refractivity contribution in [3.8, 4) is 12.3 Å². The first-order valence-corrected chi connectivity index (χ1v) is 10.2. The lowest BCUT2D eigenvalue weighted by atomic mass is 9.94. The van der Waals surface area contributed by atoms with Gasteiger partial charge in [-0.1, -0.05) is 6.07 Å². The Hall–Kier alpha value is -2.69. The first kappa shape index (κ1) is 26.6. The monoisotopic (exact) mass is 493 g/mol. The Labute approximate surface area is 190 Å². The van der Waals surface area contributed by atoms with Crippen LogP contribution >= 0.6 is 11.9 Å². The molecule has 13 heteroatoms. The molecule has 1 aliphatic rings. The van der Waals surface area contributed by atoms with Gasteiger partial charge in [-0.2, -0.15) is 26.3 Å². The Bertz CT molecular complexity index is 922. The summed E-state index contributed by atoms with van der Waals surface area (Å²) in [6, 6.07) is 5.14. The van der Waals surface area contributed by atoms with Crippen molar-refractivity contribution in [2.45, 2.75) is 29.8 Å². The summed E-state index contributed by atoms with van der Waals surface area (Å²) in [7, 11) is 0. The van der Waals surface area contributed by atoms with E-state index in [0.717, 1.165) is 11.0 Å². The topological polar surface area (TPSA) is 78.5 Å². The molecule has 180 valence electrons. The lowest BCUT2D eigenvalue weighted by Gasteiger charge is -2.35. The number of terminal acetylenes is 1. The molecule has 0 bridgehead atoms. The quantitative estimate of drug-likeness (QED) is 0.381. The van der Waals surface area contributed by atoms with E-state index in [9.17, 15) is 31.4 Å². The first-order valence-electron chi connectivity index (χ1n) is 9.42. The smallest absolute Gasteiger partial charge is 0.384 e. The maximum atomic E-state index is 13.0. The number of alkyl halides is 6. The van der Waals surface area contributed by atoms with Crippen molar-refractivity contribution < 1.29 is 31.4 Å². The average molecular weight is 493 g/mol. The lowest BCUT2D eigenvalue weighted by Crippen LogP contribution is -2.54. The molecule has 3 heterocycles. The van der Waals surface area contributed by atoms with Gasteiger partial charge in [0.25, 0.3) is 5.60 Å². The van der Waals surface area contributed by atoms with Crippen LogP contribution in [0.25, 0.3) is 0 Å². The third-order valence-corrected chi connectivity index (χ3v) is 5.62. The largest absolute Gasteiger partial charge is 0.430 e. The van der Waals surface area contributed by atoms with Gasteiger partial charge in [-0.3, -0.25) is 0 Å². The Morgan fingerprint density at radius 3 is 1.97 bits per heavy atom. The van der Waals surface area contributed by atoms with E-state index in [1.54, 1.807) is 24.1 Å². The summed E-state index contributed by atoms with van der Waals surface area (Å²) in [4.78, 5) is 10.4. The molecule has 3 N–H and O–H groups in total. The number of anilines is 2. The van der Waals surface area contributed by atoms with Gasteiger partial charge in [-0.15, -0.1) is 12.3 Å². The highest BCUT2D eigenvalue weighted by Gasteiger charge is 2.71. The van der Waals surface area contributed by atoms with Crippen LogP contribution in [0, 0.1) is 12.3 Å². The molecule has 2 aromatic heterocycles. The molecule has 0 aromatic carbocycles. The predicted octanol–water partition coefficient (Wildman–Crippen LogP) is 3.84.